The maximum atomic E-state index is 11.9. The topological polar surface area (TPSA) is 55.4 Å². The Morgan fingerprint density at radius 2 is 1.91 bits per heavy atom. The Labute approximate surface area is 137 Å². The van der Waals surface area contributed by atoms with E-state index in [2.05, 4.69) is 10.1 Å². The monoisotopic (exact) mass is 335 g/mol. The molecule has 114 valence electrons. The molecule has 0 bridgehead atoms. The molecular formula is C16H14ClNO3S. The van der Waals surface area contributed by atoms with Crippen molar-refractivity contribution in [1.82, 2.24) is 0 Å². The fraction of sp³-hybridized carbons (Fsp3) is 0.125. The zero-order valence-corrected chi connectivity index (χ0v) is 13.4. The van der Waals surface area contributed by atoms with Crippen molar-refractivity contribution in [1.29, 1.82) is 0 Å². The molecule has 0 saturated heterocycles. The van der Waals surface area contributed by atoms with Gasteiger partial charge in [0.05, 0.1) is 18.4 Å². The molecule has 0 unspecified atom stereocenters. The summed E-state index contributed by atoms with van der Waals surface area (Å²) < 4.78 is 4.64. The van der Waals surface area contributed by atoms with Crippen molar-refractivity contribution in [3.8, 4) is 0 Å². The van der Waals surface area contributed by atoms with Gasteiger partial charge in [-0.3, -0.25) is 4.79 Å². The highest BCUT2D eigenvalue weighted by Gasteiger charge is 2.08. The molecule has 0 aliphatic carbocycles. The van der Waals surface area contributed by atoms with E-state index in [0.29, 0.717) is 16.3 Å². The van der Waals surface area contributed by atoms with Crippen molar-refractivity contribution in [2.45, 2.75) is 4.90 Å². The highest BCUT2D eigenvalue weighted by Crippen LogP contribution is 2.20. The third-order valence-corrected chi connectivity index (χ3v) is 4.01. The van der Waals surface area contributed by atoms with Gasteiger partial charge in [0, 0.05) is 15.6 Å². The second-order valence-electron chi connectivity index (χ2n) is 4.36. The van der Waals surface area contributed by atoms with E-state index in [4.69, 9.17) is 11.6 Å². The van der Waals surface area contributed by atoms with Gasteiger partial charge in [-0.25, -0.2) is 4.79 Å². The zero-order valence-electron chi connectivity index (χ0n) is 11.8. The second kappa shape index (κ2) is 7.87. The third-order valence-electron chi connectivity index (χ3n) is 2.75. The maximum absolute atomic E-state index is 11.9. The van der Waals surface area contributed by atoms with E-state index in [0.717, 1.165) is 4.90 Å². The molecule has 1 N–H and O–H groups in total. The van der Waals surface area contributed by atoms with E-state index in [-0.39, 0.29) is 11.7 Å². The highest BCUT2D eigenvalue weighted by atomic mass is 35.5. The van der Waals surface area contributed by atoms with Gasteiger partial charge in [0.25, 0.3) is 0 Å². The molecule has 0 aliphatic rings. The molecule has 22 heavy (non-hydrogen) atoms. The van der Waals surface area contributed by atoms with Crippen LogP contribution in [0, 0.1) is 0 Å². The summed E-state index contributed by atoms with van der Waals surface area (Å²) in [6.07, 6.45) is 0. The van der Waals surface area contributed by atoms with Gasteiger partial charge >= 0.3 is 5.97 Å². The highest BCUT2D eigenvalue weighted by molar-refractivity contribution is 8.00. The lowest BCUT2D eigenvalue weighted by Crippen LogP contribution is -2.14. The zero-order chi connectivity index (χ0) is 15.9. The molecular weight excluding hydrogens is 322 g/mol. The number of rotatable bonds is 5. The predicted octanol–water partition coefficient (Wildman–Crippen LogP) is 3.86. The molecule has 0 spiro atoms. The van der Waals surface area contributed by atoms with Crippen molar-refractivity contribution in [3.05, 3.63) is 59.1 Å². The number of amides is 1. The van der Waals surface area contributed by atoms with Gasteiger partial charge in [-0.15, -0.1) is 11.8 Å². The minimum absolute atomic E-state index is 0.151. The van der Waals surface area contributed by atoms with Crippen LogP contribution < -0.4 is 5.32 Å². The van der Waals surface area contributed by atoms with Gasteiger partial charge in [0.15, 0.2) is 0 Å². The van der Waals surface area contributed by atoms with Crippen molar-refractivity contribution in [2.75, 3.05) is 18.2 Å². The summed E-state index contributed by atoms with van der Waals surface area (Å²) in [4.78, 5) is 24.3. The Bertz CT molecular complexity index is 673. The minimum atomic E-state index is -0.438. The van der Waals surface area contributed by atoms with Gasteiger partial charge in [0.2, 0.25) is 5.91 Å². The molecule has 0 fully saturated rings. The molecule has 0 heterocycles. The van der Waals surface area contributed by atoms with Crippen molar-refractivity contribution < 1.29 is 14.3 Å². The summed E-state index contributed by atoms with van der Waals surface area (Å²) in [5.41, 5.74) is 0.954. The van der Waals surface area contributed by atoms with Crippen LogP contribution in [-0.2, 0) is 9.53 Å². The molecule has 0 aromatic heterocycles. The maximum Gasteiger partial charge on any atom is 0.337 e. The van der Waals surface area contributed by atoms with Crippen molar-refractivity contribution in [3.63, 3.8) is 0 Å². The van der Waals surface area contributed by atoms with E-state index in [1.54, 1.807) is 36.4 Å². The van der Waals surface area contributed by atoms with Gasteiger partial charge in [0.1, 0.15) is 0 Å². The Hall–Kier alpha value is -1.98. The normalized spacial score (nSPS) is 10.1. The molecule has 4 nitrogen and oxygen atoms in total. The largest absolute Gasteiger partial charge is 0.465 e. The third kappa shape index (κ3) is 4.79. The second-order valence-corrected chi connectivity index (χ2v) is 5.85. The van der Waals surface area contributed by atoms with Crippen LogP contribution in [0.3, 0.4) is 0 Å². The van der Waals surface area contributed by atoms with E-state index in [9.17, 15) is 9.59 Å². The average Bonchev–Trinajstić information content (AvgIpc) is 2.54. The van der Waals surface area contributed by atoms with Crippen molar-refractivity contribution in [2.24, 2.45) is 0 Å². The predicted molar refractivity (Wildman–Crippen MR) is 88.6 cm³/mol. The number of carbonyl (C=O) groups is 2. The Morgan fingerprint density at radius 3 is 2.59 bits per heavy atom. The SMILES string of the molecule is COC(=O)c1cccc(NC(=O)CSc2ccc(Cl)cc2)c1. The fourth-order valence-electron chi connectivity index (χ4n) is 1.72. The molecule has 6 heteroatoms. The molecule has 2 aromatic carbocycles. The van der Waals surface area contributed by atoms with Gasteiger partial charge in [-0.2, -0.15) is 0 Å². The standard InChI is InChI=1S/C16H14ClNO3S/c1-21-16(20)11-3-2-4-13(9-11)18-15(19)10-22-14-7-5-12(17)6-8-14/h2-9H,10H2,1H3,(H,18,19). The number of hydrogen-bond donors (Lipinski definition) is 1. The first-order chi connectivity index (χ1) is 10.6. The van der Waals surface area contributed by atoms with E-state index < -0.39 is 5.97 Å². The number of esters is 1. The van der Waals surface area contributed by atoms with Crippen LogP contribution in [0.1, 0.15) is 10.4 Å². The Morgan fingerprint density at radius 1 is 1.18 bits per heavy atom. The number of benzene rings is 2. The molecule has 0 aliphatic heterocycles. The van der Waals surface area contributed by atoms with E-state index in [1.165, 1.54) is 18.9 Å². The summed E-state index contributed by atoms with van der Waals surface area (Å²) >= 11 is 7.22. The summed E-state index contributed by atoms with van der Waals surface area (Å²) in [5.74, 6) is -0.321. The number of carbonyl (C=O) groups excluding carboxylic acids is 2. The van der Waals surface area contributed by atoms with Crippen LogP contribution in [0.25, 0.3) is 0 Å². The van der Waals surface area contributed by atoms with E-state index >= 15 is 0 Å². The van der Waals surface area contributed by atoms with Crippen LogP contribution in [0.5, 0.6) is 0 Å². The van der Waals surface area contributed by atoms with Crippen LogP contribution in [-0.4, -0.2) is 24.7 Å². The molecule has 1 amide bonds. The molecule has 0 radical (unpaired) electrons. The lowest BCUT2D eigenvalue weighted by molar-refractivity contribution is -0.113. The van der Waals surface area contributed by atoms with Gasteiger partial charge in [-0.05, 0) is 42.5 Å². The first kappa shape index (κ1) is 16.4. The van der Waals surface area contributed by atoms with Crippen molar-refractivity contribution >= 4 is 40.9 Å². The molecule has 2 rings (SSSR count). The Balaban J connectivity index is 1.91. The van der Waals surface area contributed by atoms with Crippen LogP contribution in [0.15, 0.2) is 53.4 Å². The number of ether oxygens (including phenoxy) is 1. The number of methoxy groups -OCH3 is 1. The van der Waals surface area contributed by atoms with E-state index in [1.807, 2.05) is 12.1 Å². The number of halogens is 1. The fourth-order valence-corrected chi connectivity index (χ4v) is 2.54. The smallest absolute Gasteiger partial charge is 0.337 e. The van der Waals surface area contributed by atoms with Crippen LogP contribution in [0.4, 0.5) is 5.69 Å². The molecule has 0 saturated carbocycles. The van der Waals surface area contributed by atoms with Crippen LogP contribution in [0.2, 0.25) is 5.02 Å². The quantitative estimate of drug-likeness (QED) is 0.666. The van der Waals surface area contributed by atoms with Crippen LogP contribution >= 0.6 is 23.4 Å². The first-order valence-corrected chi connectivity index (χ1v) is 7.81. The number of nitrogens with one attached hydrogen (secondary N) is 1. The summed E-state index contributed by atoms with van der Waals surface area (Å²) in [6, 6.07) is 13.9. The number of thioether (sulfide) groups is 1. The number of hydrogen-bond acceptors (Lipinski definition) is 4. The summed E-state index contributed by atoms with van der Waals surface area (Å²) in [5, 5.41) is 3.41. The summed E-state index contributed by atoms with van der Waals surface area (Å²) in [6.45, 7) is 0. The number of anilines is 1. The summed E-state index contributed by atoms with van der Waals surface area (Å²) in [7, 11) is 1.32. The lowest BCUT2D eigenvalue weighted by Gasteiger charge is -2.07. The van der Waals surface area contributed by atoms with Gasteiger partial charge < -0.3 is 10.1 Å². The molecule has 0 atom stereocenters. The van der Waals surface area contributed by atoms with Gasteiger partial charge in [-0.1, -0.05) is 17.7 Å². The minimum Gasteiger partial charge on any atom is -0.465 e. The molecule has 2 aromatic rings. The Kier molecular flexibility index (Phi) is 5.86. The average molecular weight is 336 g/mol. The first-order valence-electron chi connectivity index (χ1n) is 6.45. The lowest BCUT2D eigenvalue weighted by atomic mass is 10.2.